The molecule has 0 aromatic heterocycles. The van der Waals surface area contributed by atoms with Crippen molar-refractivity contribution in [1.29, 1.82) is 0 Å². The zero-order valence-electron chi connectivity index (χ0n) is 14.4. The largest absolute Gasteiger partial charge is 0.341 e. The monoisotopic (exact) mass is 381 g/mol. The summed E-state index contributed by atoms with van der Waals surface area (Å²) in [5.74, 6) is 0.868. The Labute approximate surface area is 146 Å². The van der Waals surface area contributed by atoms with E-state index in [9.17, 15) is 4.79 Å². The predicted molar refractivity (Wildman–Crippen MR) is 96.2 cm³/mol. The van der Waals surface area contributed by atoms with Gasteiger partial charge in [-0.15, -0.1) is 0 Å². The van der Waals surface area contributed by atoms with Crippen molar-refractivity contribution in [3.8, 4) is 0 Å². The summed E-state index contributed by atoms with van der Waals surface area (Å²) in [5, 5.41) is 0. The van der Waals surface area contributed by atoms with Crippen LogP contribution in [0, 0.1) is 6.92 Å². The topological polar surface area (TPSA) is 42.4 Å². The molecule has 0 N–H and O–H groups in total. The van der Waals surface area contributed by atoms with E-state index < -0.39 is 0 Å². The molecule has 1 saturated heterocycles. The van der Waals surface area contributed by atoms with Crippen molar-refractivity contribution in [3.63, 3.8) is 0 Å². The summed E-state index contributed by atoms with van der Waals surface area (Å²) in [4.78, 5) is 23.9. The van der Waals surface area contributed by atoms with Crippen LogP contribution in [-0.2, 0) is 6.54 Å². The molecule has 0 unspecified atom stereocenters. The van der Waals surface area contributed by atoms with Gasteiger partial charge in [-0.1, -0.05) is 28.1 Å². The van der Waals surface area contributed by atoms with Gasteiger partial charge >= 0.3 is 6.03 Å². The van der Waals surface area contributed by atoms with E-state index in [1.54, 1.807) is 30.9 Å². The Morgan fingerprint density at radius 1 is 1.30 bits per heavy atom. The molecule has 1 aromatic rings. The number of carbonyl (C=O) groups is 1. The van der Waals surface area contributed by atoms with Gasteiger partial charge < -0.3 is 19.6 Å². The second-order valence-electron chi connectivity index (χ2n) is 5.96. The van der Waals surface area contributed by atoms with Gasteiger partial charge in [0.2, 0.25) is 0 Å². The normalized spacial score (nSPS) is 16.2. The van der Waals surface area contributed by atoms with Crippen LogP contribution < -0.4 is 0 Å². The molecule has 0 atom stereocenters. The number of aliphatic imine (C=N–C) groups is 1. The molecule has 1 fully saturated rings. The summed E-state index contributed by atoms with van der Waals surface area (Å²) < 4.78 is 1.11. The van der Waals surface area contributed by atoms with Crippen LogP contribution in [0.3, 0.4) is 0 Å². The highest BCUT2D eigenvalue weighted by molar-refractivity contribution is 9.10. The van der Waals surface area contributed by atoms with E-state index in [1.165, 1.54) is 11.1 Å². The van der Waals surface area contributed by atoms with Crippen molar-refractivity contribution in [2.75, 3.05) is 41.5 Å². The summed E-state index contributed by atoms with van der Waals surface area (Å²) in [6.45, 7) is 3.91. The number of hydrogen-bond donors (Lipinski definition) is 0. The Balaban J connectivity index is 2.11. The van der Waals surface area contributed by atoms with Crippen LogP contribution in [0.2, 0.25) is 0 Å². The van der Waals surface area contributed by atoms with Crippen LogP contribution >= 0.6 is 15.9 Å². The quantitative estimate of drug-likeness (QED) is 0.583. The van der Waals surface area contributed by atoms with Gasteiger partial charge in [0.1, 0.15) is 0 Å². The van der Waals surface area contributed by atoms with Crippen molar-refractivity contribution in [2.24, 2.45) is 4.99 Å². The highest BCUT2D eigenvalue weighted by atomic mass is 79.9. The standard InChI is InChI=1S/C16H24BrN5O/c1-12-6-7-13(8-14(12)17)9-19(3)15(18-2)22-10-20(4)16(23)21(5)11-22/h6-8H,9-11H2,1-5H3/b18-15-. The summed E-state index contributed by atoms with van der Waals surface area (Å²) in [5.41, 5.74) is 2.43. The second-order valence-corrected chi connectivity index (χ2v) is 6.82. The molecular formula is C16H24BrN5O. The molecular weight excluding hydrogens is 358 g/mol. The zero-order chi connectivity index (χ0) is 17.1. The molecule has 0 radical (unpaired) electrons. The molecule has 0 spiro atoms. The first-order chi connectivity index (χ1) is 10.8. The first-order valence-electron chi connectivity index (χ1n) is 7.47. The van der Waals surface area contributed by atoms with Crippen LogP contribution in [-0.4, -0.2) is 73.1 Å². The summed E-state index contributed by atoms with van der Waals surface area (Å²) in [7, 11) is 7.41. The minimum atomic E-state index is 0.0295. The Morgan fingerprint density at radius 3 is 2.43 bits per heavy atom. The third kappa shape index (κ3) is 3.96. The first-order valence-corrected chi connectivity index (χ1v) is 8.27. The van der Waals surface area contributed by atoms with E-state index in [0.29, 0.717) is 13.3 Å². The SMILES string of the molecule is C/N=C(/N(C)Cc1ccc(C)c(Br)c1)N1CN(C)C(=O)N(C)C1. The van der Waals surface area contributed by atoms with Crippen molar-refractivity contribution in [2.45, 2.75) is 13.5 Å². The van der Waals surface area contributed by atoms with E-state index in [2.05, 4.69) is 55.8 Å². The lowest BCUT2D eigenvalue weighted by molar-refractivity contribution is 0.0876. The fraction of sp³-hybridized carbons (Fsp3) is 0.500. The number of halogens is 1. The molecule has 0 aliphatic carbocycles. The third-order valence-corrected chi connectivity index (χ3v) is 4.75. The number of hydrogen-bond acceptors (Lipinski definition) is 2. The number of nitrogens with zero attached hydrogens (tertiary/aromatic N) is 5. The highest BCUT2D eigenvalue weighted by Gasteiger charge is 2.28. The maximum Gasteiger partial charge on any atom is 0.322 e. The lowest BCUT2D eigenvalue weighted by Gasteiger charge is -2.42. The Kier molecular flexibility index (Phi) is 5.51. The lowest BCUT2D eigenvalue weighted by atomic mass is 10.1. The Bertz CT molecular complexity index is 604. The van der Waals surface area contributed by atoms with Gasteiger partial charge in [0.25, 0.3) is 0 Å². The summed E-state index contributed by atoms with van der Waals surface area (Å²) in [6, 6.07) is 6.40. The average Bonchev–Trinajstić information content (AvgIpc) is 2.49. The molecule has 23 heavy (non-hydrogen) atoms. The van der Waals surface area contributed by atoms with Crippen LogP contribution in [0.15, 0.2) is 27.7 Å². The zero-order valence-corrected chi connectivity index (χ0v) is 16.0. The predicted octanol–water partition coefficient (Wildman–Crippen LogP) is 2.39. The molecule has 7 heteroatoms. The molecule has 0 saturated carbocycles. The number of rotatable bonds is 2. The van der Waals surface area contributed by atoms with Crippen molar-refractivity contribution in [1.82, 2.24) is 19.6 Å². The van der Waals surface area contributed by atoms with Gasteiger partial charge in [-0.25, -0.2) is 4.79 Å². The maximum absolute atomic E-state index is 11.9. The van der Waals surface area contributed by atoms with E-state index in [0.717, 1.165) is 17.0 Å². The number of benzene rings is 1. The van der Waals surface area contributed by atoms with E-state index >= 15 is 0 Å². The summed E-state index contributed by atoms with van der Waals surface area (Å²) >= 11 is 3.58. The van der Waals surface area contributed by atoms with E-state index in [1.807, 2.05) is 7.05 Å². The minimum Gasteiger partial charge on any atom is -0.341 e. The maximum atomic E-state index is 11.9. The fourth-order valence-electron chi connectivity index (χ4n) is 2.73. The number of amides is 2. The fourth-order valence-corrected chi connectivity index (χ4v) is 3.15. The highest BCUT2D eigenvalue weighted by Crippen LogP contribution is 2.19. The van der Waals surface area contributed by atoms with E-state index in [-0.39, 0.29) is 6.03 Å². The molecule has 6 nitrogen and oxygen atoms in total. The van der Waals surface area contributed by atoms with Crippen LogP contribution in [0.1, 0.15) is 11.1 Å². The average molecular weight is 382 g/mol. The molecule has 1 heterocycles. The molecule has 1 aliphatic heterocycles. The Hall–Kier alpha value is -1.76. The number of guanidine groups is 1. The molecule has 1 aliphatic rings. The van der Waals surface area contributed by atoms with Gasteiger partial charge in [-0.3, -0.25) is 4.99 Å². The van der Waals surface area contributed by atoms with Crippen molar-refractivity contribution < 1.29 is 4.79 Å². The molecule has 126 valence electrons. The number of urea groups is 1. The van der Waals surface area contributed by atoms with Crippen LogP contribution in [0.5, 0.6) is 0 Å². The van der Waals surface area contributed by atoms with Crippen LogP contribution in [0.25, 0.3) is 0 Å². The molecule has 2 amide bonds. The number of carbonyl (C=O) groups excluding carboxylic acids is 1. The molecule has 1 aromatic carbocycles. The van der Waals surface area contributed by atoms with E-state index in [4.69, 9.17) is 0 Å². The van der Waals surface area contributed by atoms with Crippen molar-refractivity contribution >= 4 is 27.9 Å². The van der Waals surface area contributed by atoms with Crippen molar-refractivity contribution in [3.05, 3.63) is 33.8 Å². The van der Waals surface area contributed by atoms with Gasteiger partial charge in [-0.2, -0.15) is 0 Å². The molecule has 0 bridgehead atoms. The smallest absolute Gasteiger partial charge is 0.322 e. The molecule has 2 rings (SSSR count). The lowest BCUT2D eigenvalue weighted by Crippen LogP contribution is -2.59. The van der Waals surface area contributed by atoms with Gasteiger partial charge in [0.15, 0.2) is 5.96 Å². The van der Waals surface area contributed by atoms with Gasteiger partial charge in [0.05, 0.1) is 13.3 Å². The second kappa shape index (κ2) is 7.21. The van der Waals surface area contributed by atoms with Crippen LogP contribution in [0.4, 0.5) is 4.79 Å². The summed E-state index contributed by atoms with van der Waals surface area (Å²) in [6.07, 6.45) is 0. The van der Waals surface area contributed by atoms with Gasteiger partial charge in [-0.05, 0) is 24.1 Å². The minimum absolute atomic E-state index is 0.0295. The number of aryl methyl sites for hydroxylation is 1. The third-order valence-electron chi connectivity index (χ3n) is 3.90. The first kappa shape index (κ1) is 17.6. The Morgan fingerprint density at radius 2 is 1.91 bits per heavy atom. The van der Waals surface area contributed by atoms with Gasteiger partial charge in [0, 0.05) is 39.2 Å².